The number of halogens is 1. The fourth-order valence-electron chi connectivity index (χ4n) is 3.76. The van der Waals surface area contributed by atoms with Gasteiger partial charge in [0.05, 0.1) is 5.56 Å². The molecule has 1 saturated heterocycles. The number of hydrogen-bond donors (Lipinski definition) is 2. The molecular formula is C23H19ClN4O4. The third kappa shape index (κ3) is 4.34. The number of imide groups is 1. The van der Waals surface area contributed by atoms with E-state index in [0.29, 0.717) is 17.5 Å². The lowest BCUT2D eigenvalue weighted by Crippen LogP contribution is -2.52. The Morgan fingerprint density at radius 3 is 2.88 bits per heavy atom. The van der Waals surface area contributed by atoms with Crippen molar-refractivity contribution in [1.29, 1.82) is 0 Å². The summed E-state index contributed by atoms with van der Waals surface area (Å²) in [6, 6.07) is 6.37. The lowest BCUT2D eigenvalue weighted by Gasteiger charge is -2.29. The Balaban J connectivity index is 1.41. The van der Waals surface area contributed by atoms with Crippen molar-refractivity contribution in [2.45, 2.75) is 38.9 Å². The van der Waals surface area contributed by atoms with E-state index in [1.54, 1.807) is 24.4 Å². The lowest BCUT2D eigenvalue weighted by molar-refractivity contribution is -0.137. The quantitative estimate of drug-likeness (QED) is 0.418. The van der Waals surface area contributed by atoms with E-state index in [4.69, 9.17) is 11.6 Å². The van der Waals surface area contributed by atoms with Crippen molar-refractivity contribution in [3.05, 3.63) is 63.4 Å². The minimum absolute atomic E-state index is 0.207. The smallest absolute Gasteiger partial charge is 0.296 e. The summed E-state index contributed by atoms with van der Waals surface area (Å²) in [5.41, 5.74) is 3.43. The summed E-state index contributed by atoms with van der Waals surface area (Å²) in [5.74, 6) is 3.78. The molecule has 1 aromatic carbocycles. The van der Waals surface area contributed by atoms with Gasteiger partial charge in [-0.1, -0.05) is 29.7 Å². The number of hydrogen-bond acceptors (Lipinski definition) is 5. The van der Waals surface area contributed by atoms with Gasteiger partial charge in [0.1, 0.15) is 11.2 Å². The molecule has 1 atom stereocenters. The summed E-state index contributed by atoms with van der Waals surface area (Å²) < 4.78 is 0. The third-order valence-electron chi connectivity index (χ3n) is 5.46. The number of carbonyl (C=O) groups is 4. The second-order valence-corrected chi connectivity index (χ2v) is 7.98. The normalized spacial score (nSPS) is 17.4. The number of fused-ring (bicyclic) bond motifs is 1. The lowest BCUT2D eigenvalue weighted by atomic mass is 10.0. The Morgan fingerprint density at radius 1 is 1.31 bits per heavy atom. The van der Waals surface area contributed by atoms with Crippen molar-refractivity contribution >= 4 is 35.2 Å². The molecule has 2 N–H and O–H groups in total. The highest BCUT2D eigenvalue weighted by Gasteiger charge is 2.39. The maximum atomic E-state index is 12.7. The highest BCUT2D eigenvalue weighted by molar-refractivity contribution is 6.30. The van der Waals surface area contributed by atoms with Gasteiger partial charge < -0.3 is 10.2 Å². The van der Waals surface area contributed by atoms with Crippen molar-refractivity contribution in [3.63, 3.8) is 0 Å². The molecule has 4 amide bonds. The van der Waals surface area contributed by atoms with Crippen molar-refractivity contribution in [1.82, 2.24) is 20.5 Å². The minimum Gasteiger partial charge on any atom is -0.341 e. The van der Waals surface area contributed by atoms with E-state index in [0.717, 1.165) is 16.7 Å². The van der Waals surface area contributed by atoms with Crippen LogP contribution in [0.25, 0.3) is 0 Å². The molecule has 0 saturated carbocycles. The van der Waals surface area contributed by atoms with Crippen LogP contribution in [0, 0.1) is 18.8 Å². The maximum absolute atomic E-state index is 12.7. The first kappa shape index (κ1) is 21.5. The standard InChI is InChI=1S/C23H19ClN4O4/c1-13-8-9-25-21(24)16(13)4-6-19(29)26-11-14-2-3-17-15(10-14)12-28(23(17)32)18-5-7-20(30)27-22(18)31/h2-3,8-10,18H,5,7,11-12H2,1H3,(H,26,29)(H,27,30,31). The molecule has 0 radical (unpaired) electrons. The number of aryl methyl sites for hydroxylation is 1. The van der Waals surface area contributed by atoms with Gasteiger partial charge in [-0.2, -0.15) is 0 Å². The third-order valence-corrected chi connectivity index (χ3v) is 5.74. The van der Waals surface area contributed by atoms with Crippen LogP contribution in [-0.2, 0) is 27.5 Å². The second-order valence-electron chi connectivity index (χ2n) is 7.62. The molecule has 162 valence electrons. The summed E-state index contributed by atoms with van der Waals surface area (Å²) in [4.78, 5) is 53.8. The van der Waals surface area contributed by atoms with Crippen molar-refractivity contribution in [3.8, 4) is 11.8 Å². The van der Waals surface area contributed by atoms with Crippen molar-refractivity contribution in [2.75, 3.05) is 0 Å². The molecule has 2 aromatic rings. The van der Waals surface area contributed by atoms with E-state index >= 15 is 0 Å². The van der Waals surface area contributed by atoms with Gasteiger partial charge in [0.2, 0.25) is 11.8 Å². The molecule has 3 heterocycles. The molecular weight excluding hydrogens is 432 g/mol. The number of benzene rings is 1. The molecule has 9 heteroatoms. The zero-order valence-corrected chi connectivity index (χ0v) is 18.0. The first-order valence-corrected chi connectivity index (χ1v) is 10.4. The van der Waals surface area contributed by atoms with Crippen molar-refractivity contribution < 1.29 is 19.2 Å². The number of aromatic nitrogens is 1. The van der Waals surface area contributed by atoms with E-state index in [1.807, 2.05) is 13.0 Å². The van der Waals surface area contributed by atoms with Crippen LogP contribution < -0.4 is 10.6 Å². The number of rotatable bonds is 3. The van der Waals surface area contributed by atoms with E-state index in [1.165, 1.54) is 4.90 Å². The first-order valence-electron chi connectivity index (χ1n) is 10.0. The zero-order chi connectivity index (χ0) is 22.8. The zero-order valence-electron chi connectivity index (χ0n) is 17.2. The Bertz CT molecular complexity index is 1190. The molecule has 32 heavy (non-hydrogen) atoms. The molecule has 1 fully saturated rings. The number of carbonyl (C=O) groups excluding carboxylic acids is 4. The molecule has 1 unspecified atom stereocenters. The van der Waals surface area contributed by atoms with Crippen LogP contribution in [0.4, 0.5) is 0 Å². The van der Waals surface area contributed by atoms with Gasteiger partial charge in [0, 0.05) is 37.2 Å². The Labute approximate surface area is 189 Å². The predicted octanol–water partition coefficient (Wildman–Crippen LogP) is 1.47. The molecule has 0 bridgehead atoms. The summed E-state index contributed by atoms with van der Waals surface area (Å²) in [7, 11) is 0. The monoisotopic (exact) mass is 450 g/mol. The Morgan fingerprint density at radius 2 is 2.12 bits per heavy atom. The van der Waals surface area contributed by atoms with E-state index in [-0.39, 0.29) is 36.5 Å². The molecule has 4 rings (SSSR count). The van der Waals surface area contributed by atoms with Gasteiger partial charge in [-0.15, -0.1) is 0 Å². The van der Waals surface area contributed by atoms with Crippen LogP contribution in [0.5, 0.6) is 0 Å². The van der Waals surface area contributed by atoms with Gasteiger partial charge in [0.15, 0.2) is 0 Å². The van der Waals surface area contributed by atoms with E-state index in [9.17, 15) is 19.2 Å². The van der Waals surface area contributed by atoms with Crippen molar-refractivity contribution in [2.24, 2.45) is 0 Å². The first-order chi connectivity index (χ1) is 15.3. The Kier molecular flexibility index (Phi) is 5.93. The molecule has 2 aliphatic heterocycles. The SMILES string of the molecule is Cc1ccnc(Cl)c1C#CC(=O)NCc1ccc2c(c1)CN(C1CCC(=O)NC1=O)C2=O. The van der Waals surface area contributed by atoms with Gasteiger partial charge >= 0.3 is 0 Å². The Hall–Kier alpha value is -3.70. The number of pyridine rings is 1. The second kappa shape index (κ2) is 8.81. The van der Waals surface area contributed by atoms with Gasteiger partial charge in [0.25, 0.3) is 11.8 Å². The fraction of sp³-hybridized carbons (Fsp3) is 0.261. The number of nitrogens with one attached hydrogen (secondary N) is 2. The summed E-state index contributed by atoms with van der Waals surface area (Å²) >= 11 is 6.02. The van der Waals surface area contributed by atoms with Crippen LogP contribution in [0.2, 0.25) is 5.15 Å². The molecule has 2 aliphatic rings. The minimum atomic E-state index is -0.659. The van der Waals surface area contributed by atoms with Crippen LogP contribution in [0.3, 0.4) is 0 Å². The largest absolute Gasteiger partial charge is 0.341 e. The highest BCUT2D eigenvalue weighted by Crippen LogP contribution is 2.28. The van der Waals surface area contributed by atoms with E-state index in [2.05, 4.69) is 27.5 Å². The summed E-state index contributed by atoms with van der Waals surface area (Å²) in [5, 5.41) is 5.25. The number of nitrogens with zero attached hydrogens (tertiary/aromatic N) is 2. The average molecular weight is 451 g/mol. The molecule has 0 spiro atoms. The highest BCUT2D eigenvalue weighted by atomic mass is 35.5. The maximum Gasteiger partial charge on any atom is 0.296 e. The molecule has 0 aliphatic carbocycles. The van der Waals surface area contributed by atoms with Gasteiger partial charge in [-0.25, -0.2) is 4.98 Å². The van der Waals surface area contributed by atoms with Gasteiger partial charge in [-0.05, 0) is 42.2 Å². The molecule has 8 nitrogen and oxygen atoms in total. The van der Waals surface area contributed by atoms with E-state index < -0.39 is 17.9 Å². The van der Waals surface area contributed by atoms with Crippen LogP contribution in [-0.4, -0.2) is 39.6 Å². The summed E-state index contributed by atoms with van der Waals surface area (Å²) in [6.45, 7) is 2.34. The average Bonchev–Trinajstić information content (AvgIpc) is 3.07. The summed E-state index contributed by atoms with van der Waals surface area (Å²) in [6.07, 6.45) is 2.09. The topological polar surface area (TPSA) is 108 Å². The molecule has 1 aromatic heterocycles. The predicted molar refractivity (Wildman–Crippen MR) is 115 cm³/mol. The number of piperidine rings is 1. The van der Waals surface area contributed by atoms with Crippen LogP contribution in [0.15, 0.2) is 30.5 Å². The van der Waals surface area contributed by atoms with Gasteiger partial charge in [-0.3, -0.25) is 24.5 Å². The van der Waals surface area contributed by atoms with Crippen LogP contribution in [0.1, 0.15) is 45.5 Å². The van der Waals surface area contributed by atoms with Crippen LogP contribution >= 0.6 is 11.6 Å². The number of amides is 4. The fourth-order valence-corrected chi connectivity index (χ4v) is 4.01.